The van der Waals surface area contributed by atoms with Crippen LogP contribution in [0.1, 0.15) is 13.8 Å². The number of nitro groups is 1. The SMILES string of the molecule is CC1=CC(C)C(N=Nc2cc([N+](=O)[O-])ccc2O)C(O)=C1. The van der Waals surface area contributed by atoms with Crippen molar-refractivity contribution >= 4 is 11.4 Å². The highest BCUT2D eigenvalue weighted by atomic mass is 16.6. The van der Waals surface area contributed by atoms with Crippen LogP contribution >= 0.6 is 0 Å². The molecule has 2 rings (SSSR count). The maximum Gasteiger partial charge on any atom is 0.271 e. The lowest BCUT2D eigenvalue weighted by Crippen LogP contribution is -2.19. The molecule has 0 aliphatic heterocycles. The maximum absolute atomic E-state index is 10.7. The number of aliphatic hydroxyl groups excluding tert-OH is 1. The zero-order chi connectivity index (χ0) is 15.6. The van der Waals surface area contributed by atoms with Gasteiger partial charge in [-0.25, -0.2) is 0 Å². The van der Waals surface area contributed by atoms with Crippen molar-refractivity contribution in [1.29, 1.82) is 0 Å². The third-order valence-corrected chi connectivity index (χ3v) is 3.16. The van der Waals surface area contributed by atoms with E-state index in [0.29, 0.717) is 0 Å². The summed E-state index contributed by atoms with van der Waals surface area (Å²) in [4.78, 5) is 10.1. The first-order chi connectivity index (χ1) is 9.88. The summed E-state index contributed by atoms with van der Waals surface area (Å²) in [6, 6.07) is 2.94. The van der Waals surface area contributed by atoms with E-state index in [2.05, 4.69) is 10.2 Å². The average molecular weight is 289 g/mol. The van der Waals surface area contributed by atoms with Crippen molar-refractivity contribution < 1.29 is 15.1 Å². The first-order valence-corrected chi connectivity index (χ1v) is 6.35. The fourth-order valence-electron chi connectivity index (χ4n) is 2.14. The van der Waals surface area contributed by atoms with Crippen molar-refractivity contribution in [3.8, 4) is 5.75 Å². The molecule has 0 amide bonds. The van der Waals surface area contributed by atoms with E-state index in [4.69, 9.17) is 0 Å². The van der Waals surface area contributed by atoms with Crippen molar-refractivity contribution in [2.75, 3.05) is 0 Å². The molecule has 7 nitrogen and oxygen atoms in total. The van der Waals surface area contributed by atoms with Gasteiger partial charge in [0.2, 0.25) is 0 Å². The first-order valence-electron chi connectivity index (χ1n) is 6.35. The predicted octanol–water partition coefficient (Wildman–Crippen LogP) is 3.79. The second-order valence-electron chi connectivity index (χ2n) is 4.93. The standard InChI is InChI=1S/C14H15N3O4/c1-8-5-9(2)14(13(19)6-8)16-15-11-7-10(17(20)21)3-4-12(11)18/h3-7,9,14,18-19H,1-2H3. The third kappa shape index (κ3) is 3.25. The molecule has 7 heteroatoms. The van der Waals surface area contributed by atoms with E-state index in [0.717, 1.165) is 11.6 Å². The van der Waals surface area contributed by atoms with E-state index in [9.17, 15) is 20.3 Å². The minimum atomic E-state index is -0.578. The van der Waals surface area contributed by atoms with E-state index in [1.165, 1.54) is 12.1 Å². The summed E-state index contributed by atoms with van der Waals surface area (Å²) >= 11 is 0. The van der Waals surface area contributed by atoms with Gasteiger partial charge < -0.3 is 10.2 Å². The zero-order valence-electron chi connectivity index (χ0n) is 11.6. The molecule has 1 aliphatic rings. The number of aliphatic hydroxyl groups is 1. The number of benzene rings is 1. The number of allylic oxidation sites excluding steroid dienone is 2. The molecule has 0 saturated carbocycles. The molecule has 0 saturated heterocycles. The van der Waals surface area contributed by atoms with Gasteiger partial charge in [-0.15, -0.1) is 0 Å². The van der Waals surface area contributed by atoms with Gasteiger partial charge >= 0.3 is 0 Å². The summed E-state index contributed by atoms with van der Waals surface area (Å²) < 4.78 is 0. The summed E-state index contributed by atoms with van der Waals surface area (Å²) in [6.07, 6.45) is 3.54. The summed E-state index contributed by atoms with van der Waals surface area (Å²) in [5, 5.41) is 38.1. The largest absolute Gasteiger partial charge is 0.510 e. The van der Waals surface area contributed by atoms with E-state index in [1.54, 1.807) is 6.08 Å². The number of azo groups is 1. The Morgan fingerprint density at radius 1 is 1.33 bits per heavy atom. The van der Waals surface area contributed by atoms with Gasteiger partial charge in [-0.3, -0.25) is 10.1 Å². The van der Waals surface area contributed by atoms with Crippen LogP contribution in [0.4, 0.5) is 11.4 Å². The molecule has 1 aromatic rings. The van der Waals surface area contributed by atoms with Crippen molar-refractivity contribution in [1.82, 2.24) is 0 Å². The number of hydrogen-bond acceptors (Lipinski definition) is 6. The number of rotatable bonds is 3. The second kappa shape index (κ2) is 5.74. The van der Waals surface area contributed by atoms with Gasteiger partial charge in [-0.05, 0) is 19.1 Å². The van der Waals surface area contributed by atoms with Crippen LogP contribution < -0.4 is 0 Å². The predicted molar refractivity (Wildman–Crippen MR) is 76.7 cm³/mol. The molecule has 2 N–H and O–H groups in total. The summed E-state index contributed by atoms with van der Waals surface area (Å²) in [5.74, 6) is -0.182. The lowest BCUT2D eigenvalue weighted by Gasteiger charge is -2.20. The highest BCUT2D eigenvalue weighted by Gasteiger charge is 2.23. The van der Waals surface area contributed by atoms with Crippen LogP contribution in [0, 0.1) is 16.0 Å². The number of non-ortho nitro benzene ring substituents is 1. The van der Waals surface area contributed by atoms with Gasteiger partial charge in [0.15, 0.2) is 0 Å². The van der Waals surface area contributed by atoms with Crippen molar-refractivity contribution in [2.45, 2.75) is 19.9 Å². The molecular weight excluding hydrogens is 274 g/mol. The van der Waals surface area contributed by atoms with Crippen LogP contribution in [0.25, 0.3) is 0 Å². The highest BCUT2D eigenvalue weighted by molar-refractivity contribution is 5.56. The van der Waals surface area contributed by atoms with Crippen LogP contribution in [0.2, 0.25) is 0 Å². The third-order valence-electron chi connectivity index (χ3n) is 3.16. The molecule has 0 radical (unpaired) electrons. The molecule has 0 spiro atoms. The van der Waals surface area contributed by atoms with Gasteiger partial charge in [0.1, 0.15) is 23.2 Å². The molecule has 0 bridgehead atoms. The fourth-order valence-corrected chi connectivity index (χ4v) is 2.14. The van der Waals surface area contributed by atoms with E-state index < -0.39 is 11.0 Å². The van der Waals surface area contributed by atoms with Crippen LogP contribution in [0.15, 0.2) is 51.9 Å². The Morgan fingerprint density at radius 2 is 2.05 bits per heavy atom. The summed E-state index contributed by atoms with van der Waals surface area (Å²) in [5.41, 5.74) is 0.745. The molecule has 1 aromatic carbocycles. The molecule has 0 aromatic heterocycles. The van der Waals surface area contributed by atoms with Gasteiger partial charge in [-0.2, -0.15) is 10.2 Å². The number of phenols is 1. The number of nitrogens with zero attached hydrogens (tertiary/aromatic N) is 3. The monoisotopic (exact) mass is 289 g/mol. The van der Waals surface area contributed by atoms with Crippen LogP contribution in [0.5, 0.6) is 5.75 Å². The Kier molecular flexibility index (Phi) is 4.02. The van der Waals surface area contributed by atoms with Crippen LogP contribution in [-0.2, 0) is 0 Å². The van der Waals surface area contributed by atoms with Crippen molar-refractivity contribution in [3.63, 3.8) is 0 Å². The average Bonchev–Trinajstić information content (AvgIpc) is 2.39. The minimum Gasteiger partial charge on any atom is -0.510 e. The fraction of sp³-hybridized carbons (Fsp3) is 0.286. The highest BCUT2D eigenvalue weighted by Crippen LogP contribution is 2.32. The summed E-state index contributed by atoms with van der Waals surface area (Å²) in [6.45, 7) is 3.75. The molecule has 0 heterocycles. The van der Waals surface area contributed by atoms with Crippen molar-refractivity contribution in [2.24, 2.45) is 16.1 Å². The molecule has 1 aliphatic carbocycles. The number of phenolic OH excluding ortho intramolecular Hbond substituents is 1. The minimum absolute atomic E-state index is 0.00419. The number of hydrogen-bond donors (Lipinski definition) is 2. The Hall–Kier alpha value is -2.70. The second-order valence-corrected chi connectivity index (χ2v) is 4.93. The van der Waals surface area contributed by atoms with Gasteiger partial charge in [0.05, 0.1) is 4.92 Å². The Balaban J connectivity index is 2.28. The van der Waals surface area contributed by atoms with Gasteiger partial charge in [0.25, 0.3) is 5.69 Å². The Morgan fingerprint density at radius 3 is 2.67 bits per heavy atom. The normalized spacial score (nSPS) is 22.0. The topological polar surface area (TPSA) is 108 Å². The zero-order valence-corrected chi connectivity index (χ0v) is 11.6. The Bertz CT molecular complexity index is 664. The maximum atomic E-state index is 10.7. The smallest absolute Gasteiger partial charge is 0.271 e. The lowest BCUT2D eigenvalue weighted by molar-refractivity contribution is -0.384. The molecule has 0 fully saturated rings. The van der Waals surface area contributed by atoms with Crippen molar-refractivity contribution in [3.05, 3.63) is 51.8 Å². The van der Waals surface area contributed by atoms with E-state index in [1.807, 2.05) is 19.9 Å². The van der Waals surface area contributed by atoms with E-state index in [-0.39, 0.29) is 28.8 Å². The van der Waals surface area contributed by atoms with Gasteiger partial charge in [0, 0.05) is 18.1 Å². The molecule has 21 heavy (non-hydrogen) atoms. The molecule has 2 unspecified atom stereocenters. The molecule has 110 valence electrons. The Labute approximate surface area is 121 Å². The lowest BCUT2D eigenvalue weighted by atomic mass is 9.93. The van der Waals surface area contributed by atoms with Crippen LogP contribution in [-0.4, -0.2) is 21.2 Å². The quantitative estimate of drug-likeness (QED) is 0.501. The van der Waals surface area contributed by atoms with E-state index >= 15 is 0 Å². The number of aromatic hydroxyl groups is 1. The first kappa shape index (κ1) is 14.7. The summed E-state index contributed by atoms with van der Waals surface area (Å²) in [7, 11) is 0. The molecule has 2 atom stereocenters. The molecular formula is C14H15N3O4. The van der Waals surface area contributed by atoms with Crippen LogP contribution in [0.3, 0.4) is 0 Å². The van der Waals surface area contributed by atoms with Gasteiger partial charge in [-0.1, -0.05) is 18.6 Å². The number of nitro benzene ring substituents is 1.